The lowest BCUT2D eigenvalue weighted by molar-refractivity contribution is 0.866. The highest BCUT2D eigenvalue weighted by Crippen LogP contribution is 2.48. The van der Waals surface area contributed by atoms with Crippen molar-refractivity contribution in [2.24, 2.45) is 0 Å². The lowest BCUT2D eigenvalue weighted by Crippen LogP contribution is -2.61. The molecule has 386 valence electrons. The van der Waals surface area contributed by atoms with Gasteiger partial charge in [0.1, 0.15) is 0 Å². The van der Waals surface area contributed by atoms with Crippen molar-refractivity contribution in [3.05, 3.63) is 234 Å². The number of anilines is 12. The molecule has 5 heteroatoms. The number of hydrogen-bond donors (Lipinski definition) is 0. The summed E-state index contributed by atoms with van der Waals surface area (Å²) in [5, 5.41) is 0. The Balaban J connectivity index is 1.16. The summed E-state index contributed by atoms with van der Waals surface area (Å²) >= 11 is 0. The van der Waals surface area contributed by atoms with Gasteiger partial charge in [-0.25, -0.2) is 0 Å². The van der Waals surface area contributed by atoms with Gasteiger partial charge in [-0.3, -0.25) is 0 Å². The second-order valence-corrected chi connectivity index (χ2v) is 23.4. The monoisotopic (exact) mass is 1010 g/mol. The maximum Gasteiger partial charge on any atom is 0.252 e. The van der Waals surface area contributed by atoms with E-state index in [4.69, 9.17) is 0 Å². The third kappa shape index (κ3) is 9.64. The Bertz CT molecular complexity index is 3180. The topological polar surface area (TPSA) is 13.0 Å². The van der Waals surface area contributed by atoms with E-state index in [9.17, 15) is 0 Å². The van der Waals surface area contributed by atoms with Crippen LogP contribution in [0.4, 0.5) is 68.2 Å². The number of rotatable bonds is 14. The van der Waals surface area contributed by atoms with E-state index < -0.39 is 0 Å². The smallest absolute Gasteiger partial charge is 0.252 e. The Morgan fingerprint density at radius 1 is 0.273 bits per heavy atom. The van der Waals surface area contributed by atoms with Crippen LogP contribution in [0.15, 0.2) is 200 Å². The molecule has 0 unspecified atom stereocenters. The quantitative estimate of drug-likeness (QED) is 0.101. The molecule has 0 aliphatic carbocycles. The van der Waals surface area contributed by atoms with Gasteiger partial charge in [0.25, 0.3) is 6.71 Å². The molecule has 0 aromatic heterocycles. The molecule has 0 bridgehead atoms. The highest BCUT2D eigenvalue weighted by atomic mass is 15.2. The van der Waals surface area contributed by atoms with Crippen LogP contribution in [0.2, 0.25) is 0 Å². The Hall–Kier alpha value is -7.76. The fourth-order valence-electron chi connectivity index (χ4n) is 11.7. The SMILES string of the molecule is CC(C)c1ccc(N(c2ccc(C(C)C)cc2)c2ccc3c(c2)N(c2ccc(C(C)C)cc2)c2cccc4c2B3c2ccc(N(c3ccc(C(C)C)cc3)c3ccc(C(C)C)cc3)cc2N4c2ccc(C(C)C)cc2)cc1. The van der Waals surface area contributed by atoms with Crippen molar-refractivity contribution < 1.29 is 0 Å². The molecule has 0 fully saturated rings. The minimum Gasteiger partial charge on any atom is -0.311 e. The van der Waals surface area contributed by atoms with Gasteiger partial charge < -0.3 is 19.6 Å². The lowest BCUT2D eigenvalue weighted by Gasteiger charge is -2.44. The van der Waals surface area contributed by atoms with Crippen LogP contribution < -0.4 is 36.0 Å². The predicted octanol–water partition coefficient (Wildman–Crippen LogP) is 19.4. The molecule has 9 aromatic carbocycles. The Labute approximate surface area is 460 Å². The molecule has 0 N–H and O–H groups in total. The summed E-state index contributed by atoms with van der Waals surface area (Å²) in [6.45, 7) is 27.2. The van der Waals surface area contributed by atoms with Crippen LogP contribution >= 0.6 is 0 Å². The minimum absolute atomic E-state index is 0.0557. The van der Waals surface area contributed by atoms with Crippen LogP contribution in [0.5, 0.6) is 0 Å². The van der Waals surface area contributed by atoms with Crippen molar-refractivity contribution in [1.29, 1.82) is 0 Å². The Morgan fingerprint density at radius 3 is 0.779 bits per heavy atom. The molecule has 0 saturated heterocycles. The number of nitrogens with zero attached hydrogens (tertiary/aromatic N) is 4. The van der Waals surface area contributed by atoms with Crippen molar-refractivity contribution in [2.45, 2.75) is 119 Å². The van der Waals surface area contributed by atoms with Crippen LogP contribution in [-0.4, -0.2) is 6.71 Å². The van der Waals surface area contributed by atoms with Gasteiger partial charge in [-0.05, 0) is 194 Å². The zero-order valence-electron chi connectivity index (χ0n) is 47.4. The first-order chi connectivity index (χ1) is 37.1. The molecular formula is C72H75BN4. The van der Waals surface area contributed by atoms with E-state index in [2.05, 4.69) is 303 Å². The highest BCUT2D eigenvalue weighted by molar-refractivity contribution is 7.00. The third-order valence-electron chi connectivity index (χ3n) is 16.4. The second kappa shape index (κ2) is 21.0. The van der Waals surface area contributed by atoms with Gasteiger partial charge in [0.2, 0.25) is 0 Å². The van der Waals surface area contributed by atoms with E-state index in [1.807, 2.05) is 0 Å². The van der Waals surface area contributed by atoms with E-state index in [-0.39, 0.29) is 6.71 Å². The van der Waals surface area contributed by atoms with Gasteiger partial charge >= 0.3 is 0 Å². The average molecular weight is 1010 g/mol. The highest BCUT2D eigenvalue weighted by Gasteiger charge is 2.44. The van der Waals surface area contributed by atoms with Crippen LogP contribution in [0.25, 0.3) is 0 Å². The minimum atomic E-state index is -0.0557. The first kappa shape index (κ1) is 51.4. The van der Waals surface area contributed by atoms with Gasteiger partial charge in [-0.1, -0.05) is 174 Å². The second-order valence-electron chi connectivity index (χ2n) is 23.4. The zero-order valence-corrected chi connectivity index (χ0v) is 47.4. The standard InChI is InChI=1S/C72H75BN4/c1-46(2)52-16-28-58(29-17-52)74(59-30-18-53(19-31-59)47(3)4)64-40-42-66-70(44-64)76(62-36-24-56(25-37-62)50(9)10)68-14-13-15-69-72(68)73(66)67-43-41-65(45-71(67)77(69)63-38-26-57(27-39-63)51(11)12)75(60-32-20-54(21-33-60)48(5)6)61-34-22-55(23-35-61)49(7)8/h13-51H,1-12H3. The molecular weight excluding hydrogens is 932 g/mol. The summed E-state index contributed by atoms with van der Waals surface area (Å²) in [5.74, 6) is 2.59. The molecule has 0 amide bonds. The van der Waals surface area contributed by atoms with Crippen molar-refractivity contribution in [1.82, 2.24) is 0 Å². The van der Waals surface area contributed by atoms with E-state index in [1.165, 1.54) is 72.5 Å². The summed E-state index contributed by atoms with van der Waals surface area (Å²) in [5.41, 5.74) is 25.6. The Morgan fingerprint density at radius 2 is 0.519 bits per heavy atom. The first-order valence-electron chi connectivity index (χ1n) is 28.4. The molecule has 0 atom stereocenters. The molecule has 2 aliphatic rings. The molecule has 11 rings (SSSR count). The zero-order chi connectivity index (χ0) is 53.8. The number of benzene rings is 9. The summed E-state index contributed by atoms with van der Waals surface area (Å²) < 4.78 is 0. The van der Waals surface area contributed by atoms with Crippen LogP contribution in [0.1, 0.15) is 152 Å². The first-order valence-corrected chi connectivity index (χ1v) is 28.4. The van der Waals surface area contributed by atoms with E-state index in [0.29, 0.717) is 35.5 Å². The number of hydrogen-bond acceptors (Lipinski definition) is 4. The van der Waals surface area contributed by atoms with Crippen molar-refractivity contribution >= 4 is 91.3 Å². The molecule has 9 aromatic rings. The third-order valence-corrected chi connectivity index (χ3v) is 16.4. The molecule has 2 aliphatic heterocycles. The summed E-state index contributed by atoms with van der Waals surface area (Å²) in [7, 11) is 0. The summed E-state index contributed by atoms with van der Waals surface area (Å²) in [6, 6.07) is 76.9. The number of fused-ring (bicyclic) bond motifs is 4. The molecule has 2 heterocycles. The summed E-state index contributed by atoms with van der Waals surface area (Å²) in [4.78, 5) is 9.98. The van der Waals surface area contributed by atoms with Crippen molar-refractivity contribution in [2.75, 3.05) is 19.6 Å². The van der Waals surface area contributed by atoms with Gasteiger partial charge in [-0.15, -0.1) is 0 Å². The van der Waals surface area contributed by atoms with Crippen LogP contribution in [0, 0.1) is 0 Å². The molecule has 77 heavy (non-hydrogen) atoms. The molecule has 0 saturated carbocycles. The van der Waals surface area contributed by atoms with Crippen molar-refractivity contribution in [3.8, 4) is 0 Å². The van der Waals surface area contributed by atoms with Crippen molar-refractivity contribution in [3.63, 3.8) is 0 Å². The predicted molar refractivity (Wildman–Crippen MR) is 334 cm³/mol. The molecule has 0 spiro atoms. The molecule has 4 nitrogen and oxygen atoms in total. The van der Waals surface area contributed by atoms with E-state index in [1.54, 1.807) is 0 Å². The van der Waals surface area contributed by atoms with Crippen LogP contribution in [0.3, 0.4) is 0 Å². The van der Waals surface area contributed by atoms with Gasteiger partial charge in [0.05, 0.1) is 0 Å². The van der Waals surface area contributed by atoms with Gasteiger partial charge in [-0.2, -0.15) is 0 Å². The summed E-state index contributed by atoms with van der Waals surface area (Å²) in [6.07, 6.45) is 0. The Kier molecular flexibility index (Phi) is 14.0. The maximum atomic E-state index is 2.54. The largest absolute Gasteiger partial charge is 0.311 e. The fourth-order valence-corrected chi connectivity index (χ4v) is 11.7. The molecule has 0 radical (unpaired) electrons. The van der Waals surface area contributed by atoms with E-state index >= 15 is 0 Å². The van der Waals surface area contributed by atoms with Gasteiger partial charge in [0.15, 0.2) is 0 Å². The maximum absolute atomic E-state index is 2.54. The average Bonchev–Trinajstić information content (AvgIpc) is 3.50. The normalized spacial score (nSPS) is 12.8. The van der Waals surface area contributed by atoms with Gasteiger partial charge in [0, 0.05) is 68.2 Å². The van der Waals surface area contributed by atoms with E-state index in [0.717, 1.165) is 45.5 Å². The van der Waals surface area contributed by atoms with Crippen LogP contribution in [-0.2, 0) is 0 Å². The lowest BCUT2D eigenvalue weighted by atomic mass is 9.33. The fraction of sp³-hybridized carbons (Fsp3) is 0.250.